The number of hydrogen-bond acceptors (Lipinski definition) is 3. The summed E-state index contributed by atoms with van der Waals surface area (Å²) in [5.74, 6) is 0.236. The van der Waals surface area contributed by atoms with Crippen molar-refractivity contribution in [2.24, 2.45) is 0 Å². The van der Waals surface area contributed by atoms with E-state index in [-0.39, 0.29) is 17.1 Å². The summed E-state index contributed by atoms with van der Waals surface area (Å²) in [6.07, 6.45) is -0.0683. The first kappa shape index (κ1) is 12.1. The Labute approximate surface area is 98.6 Å². The van der Waals surface area contributed by atoms with Gasteiger partial charge in [0.05, 0.1) is 11.1 Å². The van der Waals surface area contributed by atoms with Crippen LogP contribution >= 0.6 is 23.2 Å². The molecule has 0 fully saturated rings. The Morgan fingerprint density at radius 1 is 1.40 bits per heavy atom. The predicted molar refractivity (Wildman–Crippen MR) is 59.5 cm³/mol. The van der Waals surface area contributed by atoms with Crippen molar-refractivity contribution in [1.82, 2.24) is 4.98 Å². The van der Waals surface area contributed by atoms with E-state index in [2.05, 4.69) is 4.98 Å². The first-order valence-electron chi connectivity index (χ1n) is 4.39. The Bertz CT molecular complexity index is 424. The van der Waals surface area contributed by atoms with E-state index < -0.39 is 0 Å². The summed E-state index contributed by atoms with van der Waals surface area (Å²) < 4.78 is 5.38. The lowest BCUT2D eigenvalue weighted by Gasteiger charge is -2.12. The molecule has 80 valence electrons. The summed E-state index contributed by atoms with van der Waals surface area (Å²) in [6.45, 7) is 5.41. The maximum atomic E-state index is 8.96. The Balaban J connectivity index is 3.34. The molecule has 0 amide bonds. The van der Waals surface area contributed by atoms with Gasteiger partial charge in [0.2, 0.25) is 5.88 Å². The standard InChI is InChI=1S/C10H10Cl2N2O/c1-5(2)15-10-7(4-13)6(3)8(11)9(12)14-10/h5H,1-3H3. The molecule has 15 heavy (non-hydrogen) atoms. The summed E-state index contributed by atoms with van der Waals surface area (Å²) in [5.41, 5.74) is 0.924. The number of ether oxygens (including phenoxy) is 1. The molecule has 0 aliphatic heterocycles. The van der Waals surface area contributed by atoms with Crippen molar-refractivity contribution in [3.63, 3.8) is 0 Å². The quantitative estimate of drug-likeness (QED) is 0.750. The fourth-order valence-electron chi connectivity index (χ4n) is 1.06. The molecule has 0 radical (unpaired) electrons. The van der Waals surface area contributed by atoms with Gasteiger partial charge in [-0.25, -0.2) is 0 Å². The number of pyridine rings is 1. The maximum absolute atomic E-state index is 8.96. The average Bonchev–Trinajstić information content (AvgIpc) is 2.14. The van der Waals surface area contributed by atoms with Gasteiger partial charge in [-0.05, 0) is 26.3 Å². The summed E-state index contributed by atoms with van der Waals surface area (Å²) >= 11 is 11.7. The molecule has 3 nitrogen and oxygen atoms in total. The zero-order valence-corrected chi connectivity index (χ0v) is 10.1. The molecule has 1 aromatic heterocycles. The second-order valence-corrected chi connectivity index (χ2v) is 4.04. The number of rotatable bonds is 2. The molecule has 1 aromatic rings. The minimum Gasteiger partial charge on any atom is -0.474 e. The third-order valence-electron chi connectivity index (χ3n) is 1.76. The summed E-state index contributed by atoms with van der Waals surface area (Å²) in [6, 6.07) is 2.01. The van der Waals surface area contributed by atoms with Gasteiger partial charge in [0.15, 0.2) is 5.15 Å². The van der Waals surface area contributed by atoms with Crippen LogP contribution in [0.2, 0.25) is 10.2 Å². The van der Waals surface area contributed by atoms with Crippen LogP contribution in [0.1, 0.15) is 25.0 Å². The van der Waals surface area contributed by atoms with E-state index in [1.165, 1.54) is 0 Å². The zero-order valence-electron chi connectivity index (χ0n) is 8.64. The van der Waals surface area contributed by atoms with Crippen molar-refractivity contribution in [1.29, 1.82) is 5.26 Å². The molecule has 0 aliphatic rings. The van der Waals surface area contributed by atoms with E-state index in [1.807, 2.05) is 19.9 Å². The molecule has 0 aliphatic carbocycles. The van der Waals surface area contributed by atoms with Gasteiger partial charge in [-0.2, -0.15) is 10.2 Å². The fourth-order valence-corrected chi connectivity index (χ4v) is 1.41. The van der Waals surface area contributed by atoms with Crippen molar-refractivity contribution < 1.29 is 4.74 Å². The van der Waals surface area contributed by atoms with Crippen LogP contribution in [0.4, 0.5) is 0 Å². The van der Waals surface area contributed by atoms with Gasteiger partial charge < -0.3 is 4.74 Å². The third kappa shape index (κ3) is 2.53. The lowest BCUT2D eigenvalue weighted by atomic mass is 10.2. The van der Waals surface area contributed by atoms with Crippen molar-refractivity contribution in [3.8, 4) is 11.9 Å². The Morgan fingerprint density at radius 2 is 2.00 bits per heavy atom. The molecule has 0 saturated carbocycles. The first-order chi connectivity index (χ1) is 6.97. The highest BCUT2D eigenvalue weighted by Gasteiger charge is 2.16. The van der Waals surface area contributed by atoms with Gasteiger partial charge in [-0.3, -0.25) is 0 Å². The van der Waals surface area contributed by atoms with E-state index in [0.717, 1.165) is 0 Å². The molecule has 1 heterocycles. The van der Waals surface area contributed by atoms with E-state index in [1.54, 1.807) is 6.92 Å². The van der Waals surface area contributed by atoms with E-state index in [9.17, 15) is 0 Å². The van der Waals surface area contributed by atoms with Crippen molar-refractivity contribution in [2.45, 2.75) is 26.9 Å². The molecule has 5 heteroatoms. The van der Waals surface area contributed by atoms with Gasteiger partial charge >= 0.3 is 0 Å². The molecule has 0 unspecified atom stereocenters. The minimum absolute atomic E-state index is 0.0683. The summed E-state index contributed by atoms with van der Waals surface area (Å²) in [7, 11) is 0. The van der Waals surface area contributed by atoms with Crippen molar-refractivity contribution >= 4 is 23.2 Å². The number of nitriles is 1. The highest BCUT2D eigenvalue weighted by atomic mass is 35.5. The molecule has 0 N–H and O–H groups in total. The SMILES string of the molecule is Cc1c(Cl)c(Cl)nc(OC(C)C)c1C#N. The molecule has 1 rings (SSSR count). The Kier molecular flexibility index (Phi) is 3.78. The highest BCUT2D eigenvalue weighted by Crippen LogP contribution is 2.31. The molecule has 0 saturated heterocycles. The van der Waals surface area contributed by atoms with E-state index in [4.69, 9.17) is 33.2 Å². The second-order valence-electron chi connectivity index (χ2n) is 3.30. The number of aromatic nitrogens is 1. The van der Waals surface area contributed by atoms with Gasteiger partial charge in [0.25, 0.3) is 0 Å². The van der Waals surface area contributed by atoms with Crippen LogP contribution in [0, 0.1) is 18.3 Å². The van der Waals surface area contributed by atoms with Crippen molar-refractivity contribution in [3.05, 3.63) is 21.3 Å². The lowest BCUT2D eigenvalue weighted by Crippen LogP contribution is -2.09. The van der Waals surface area contributed by atoms with E-state index >= 15 is 0 Å². The number of hydrogen-bond donors (Lipinski definition) is 0. The van der Waals surface area contributed by atoms with Gasteiger partial charge in [-0.1, -0.05) is 23.2 Å². The maximum Gasteiger partial charge on any atom is 0.233 e. The van der Waals surface area contributed by atoms with Crippen LogP contribution in [-0.4, -0.2) is 11.1 Å². The topological polar surface area (TPSA) is 45.9 Å². The lowest BCUT2D eigenvalue weighted by molar-refractivity contribution is 0.232. The van der Waals surface area contributed by atoms with E-state index in [0.29, 0.717) is 16.1 Å². The highest BCUT2D eigenvalue weighted by molar-refractivity contribution is 6.41. The Hall–Kier alpha value is -0.980. The van der Waals surface area contributed by atoms with Crippen LogP contribution < -0.4 is 4.74 Å². The predicted octanol–water partition coefficient (Wildman–Crippen LogP) is 3.36. The minimum atomic E-state index is -0.0683. The number of nitrogens with zero attached hydrogens (tertiary/aromatic N) is 2. The molecule has 0 atom stereocenters. The van der Waals surface area contributed by atoms with Crippen LogP contribution in [0.25, 0.3) is 0 Å². The molecular weight excluding hydrogens is 235 g/mol. The Morgan fingerprint density at radius 3 is 2.47 bits per heavy atom. The summed E-state index contributed by atoms with van der Waals surface area (Å²) in [5, 5.41) is 9.41. The van der Waals surface area contributed by atoms with Gasteiger partial charge in [0, 0.05) is 0 Å². The molecule has 0 bridgehead atoms. The fraction of sp³-hybridized carbons (Fsp3) is 0.400. The van der Waals surface area contributed by atoms with Crippen LogP contribution in [0.15, 0.2) is 0 Å². The monoisotopic (exact) mass is 244 g/mol. The van der Waals surface area contributed by atoms with Gasteiger partial charge in [-0.15, -0.1) is 0 Å². The zero-order chi connectivity index (χ0) is 11.6. The first-order valence-corrected chi connectivity index (χ1v) is 5.15. The second kappa shape index (κ2) is 4.69. The number of halogens is 2. The van der Waals surface area contributed by atoms with Crippen molar-refractivity contribution in [2.75, 3.05) is 0 Å². The average molecular weight is 245 g/mol. The molecule has 0 aromatic carbocycles. The largest absolute Gasteiger partial charge is 0.474 e. The third-order valence-corrected chi connectivity index (χ3v) is 2.59. The molecule has 0 spiro atoms. The molecular formula is C10H10Cl2N2O. The summed E-state index contributed by atoms with van der Waals surface area (Å²) in [4.78, 5) is 3.93. The van der Waals surface area contributed by atoms with Crippen LogP contribution in [-0.2, 0) is 0 Å². The smallest absolute Gasteiger partial charge is 0.233 e. The normalized spacial score (nSPS) is 10.2. The van der Waals surface area contributed by atoms with Crippen LogP contribution in [0.3, 0.4) is 0 Å². The van der Waals surface area contributed by atoms with Gasteiger partial charge in [0.1, 0.15) is 11.6 Å². The van der Waals surface area contributed by atoms with Crippen LogP contribution in [0.5, 0.6) is 5.88 Å².